The summed E-state index contributed by atoms with van der Waals surface area (Å²) >= 11 is 0. The second kappa shape index (κ2) is 17.9. The van der Waals surface area contributed by atoms with Crippen LogP contribution in [0.1, 0.15) is 29.5 Å². The van der Waals surface area contributed by atoms with E-state index in [0.29, 0.717) is 23.3 Å². The van der Waals surface area contributed by atoms with Gasteiger partial charge in [-0.25, -0.2) is 19.9 Å². The highest BCUT2D eigenvalue weighted by Gasteiger charge is 2.24. The first-order valence-electron chi connectivity index (χ1n) is 22.4. The number of para-hydroxylation sites is 1. The zero-order valence-electron chi connectivity index (χ0n) is 36.6. The van der Waals surface area contributed by atoms with Crippen LogP contribution in [0, 0.1) is 5.41 Å². The van der Waals surface area contributed by atoms with E-state index in [1.165, 1.54) is 11.1 Å². The standard InChI is InChI=1S/C59H44N8/c1-40-19-16-17-38-66(65-59(46-26-12-5-13-27-46)61-55(60)43-34-32-42(33-35-43)41-20-6-2-7-21-41)51-36-37-52-54(53(40)51)49-30-14-15-31-50(49)67(52)48-29-18-28-47(39-48)58-63-56(44-22-8-3-9-23-44)62-57(64-58)45-24-10-4-11-25-45/h2-32,34,36-39H,1,33,35H2,(H2,60,61,65)/b19-16-,38-17-. The molecule has 0 fully saturated rings. The molecule has 320 valence electrons. The summed E-state index contributed by atoms with van der Waals surface area (Å²) in [4.78, 5) is 20.0. The van der Waals surface area contributed by atoms with Crippen molar-refractivity contribution in [2.75, 3.05) is 5.01 Å². The van der Waals surface area contributed by atoms with Gasteiger partial charge in [0.2, 0.25) is 0 Å². The Labute approximate surface area is 389 Å². The van der Waals surface area contributed by atoms with E-state index in [-0.39, 0.29) is 5.84 Å². The van der Waals surface area contributed by atoms with Gasteiger partial charge in [0.1, 0.15) is 5.84 Å². The first-order valence-corrected chi connectivity index (χ1v) is 22.4. The molecule has 8 nitrogen and oxygen atoms in total. The monoisotopic (exact) mass is 864 g/mol. The molecule has 0 spiro atoms. The molecule has 3 heterocycles. The highest BCUT2D eigenvalue weighted by atomic mass is 15.5. The van der Waals surface area contributed by atoms with Crippen molar-refractivity contribution < 1.29 is 0 Å². The molecule has 0 atom stereocenters. The summed E-state index contributed by atoms with van der Waals surface area (Å²) in [5, 5.41) is 13.4. The Balaban J connectivity index is 1.01. The number of nitrogens with zero attached hydrogens (tertiary/aromatic N) is 6. The van der Waals surface area contributed by atoms with Gasteiger partial charge in [0.15, 0.2) is 23.3 Å². The molecule has 0 bridgehead atoms. The number of rotatable bonds is 8. The molecule has 11 rings (SSSR count). The zero-order chi connectivity index (χ0) is 45.1. The van der Waals surface area contributed by atoms with E-state index >= 15 is 0 Å². The van der Waals surface area contributed by atoms with Crippen molar-refractivity contribution in [3.63, 3.8) is 0 Å². The maximum Gasteiger partial charge on any atom is 0.164 e. The van der Waals surface area contributed by atoms with Gasteiger partial charge in [-0.05, 0) is 71.5 Å². The van der Waals surface area contributed by atoms with Crippen LogP contribution in [0.25, 0.3) is 72.8 Å². The SMILES string of the molecule is C=C1/C=C\C=C/N(N/C(=N\C(=N)C2=CC=C(c3ccccc3)CC2)c2ccccc2)c2ccc3c(c21)c1ccccc1n3-c1cccc(-c2nc(-c3ccccc3)nc(-c3ccccc3)n2)c1. The lowest BCUT2D eigenvalue weighted by Crippen LogP contribution is -2.40. The Bertz CT molecular complexity index is 3450. The molecule has 0 unspecified atom stereocenters. The summed E-state index contributed by atoms with van der Waals surface area (Å²) in [6.45, 7) is 4.64. The summed E-state index contributed by atoms with van der Waals surface area (Å²) in [7, 11) is 0. The molecule has 67 heavy (non-hydrogen) atoms. The Morgan fingerprint density at radius 2 is 1.19 bits per heavy atom. The Hall–Kier alpha value is -9.01. The Morgan fingerprint density at radius 3 is 1.87 bits per heavy atom. The molecule has 0 amide bonds. The summed E-state index contributed by atoms with van der Waals surface area (Å²) in [5.74, 6) is 2.59. The van der Waals surface area contributed by atoms with Crippen LogP contribution in [0.15, 0.2) is 236 Å². The molecule has 0 saturated heterocycles. The number of hydrazine groups is 1. The fraction of sp³-hybridized carbons (Fsp3) is 0.0339. The van der Waals surface area contributed by atoms with Gasteiger partial charge in [-0.3, -0.25) is 15.8 Å². The smallest absolute Gasteiger partial charge is 0.164 e. The fourth-order valence-electron chi connectivity index (χ4n) is 8.92. The first kappa shape index (κ1) is 40.7. The van der Waals surface area contributed by atoms with E-state index in [2.05, 4.69) is 114 Å². The molecule has 1 aliphatic heterocycles. The number of aromatic nitrogens is 4. The van der Waals surface area contributed by atoms with Gasteiger partial charge in [-0.2, -0.15) is 0 Å². The van der Waals surface area contributed by atoms with Crippen LogP contribution in [0.2, 0.25) is 0 Å². The van der Waals surface area contributed by atoms with Gasteiger partial charge in [-0.1, -0.05) is 183 Å². The third-order valence-electron chi connectivity index (χ3n) is 12.2. The van der Waals surface area contributed by atoms with E-state index in [0.717, 1.165) is 85.0 Å². The minimum absolute atomic E-state index is 0.223. The van der Waals surface area contributed by atoms with E-state index in [9.17, 15) is 5.41 Å². The largest absolute Gasteiger partial charge is 0.309 e. The molecule has 0 radical (unpaired) electrons. The van der Waals surface area contributed by atoms with E-state index < -0.39 is 0 Å². The second-order valence-electron chi connectivity index (χ2n) is 16.4. The third-order valence-corrected chi connectivity index (χ3v) is 12.2. The maximum atomic E-state index is 9.26. The molecule has 9 aromatic rings. The van der Waals surface area contributed by atoms with Crippen LogP contribution in [0.4, 0.5) is 5.69 Å². The fourth-order valence-corrected chi connectivity index (χ4v) is 8.92. The average Bonchev–Trinajstić information content (AvgIpc) is 3.73. The molecular formula is C59H44N8. The summed E-state index contributed by atoms with van der Waals surface area (Å²) in [5.41, 5.74) is 16.3. The minimum Gasteiger partial charge on any atom is -0.309 e. The van der Waals surface area contributed by atoms with E-state index in [1.807, 2.05) is 126 Å². The van der Waals surface area contributed by atoms with Crippen molar-refractivity contribution in [3.05, 3.63) is 247 Å². The van der Waals surface area contributed by atoms with Crippen molar-refractivity contribution >= 4 is 50.3 Å². The quantitative estimate of drug-likeness (QED) is 0.117. The minimum atomic E-state index is 0.223. The summed E-state index contributed by atoms with van der Waals surface area (Å²) in [6, 6.07) is 61.8. The predicted molar refractivity (Wildman–Crippen MR) is 276 cm³/mol. The van der Waals surface area contributed by atoms with Crippen LogP contribution in [0.3, 0.4) is 0 Å². The van der Waals surface area contributed by atoms with E-state index in [1.54, 1.807) is 0 Å². The molecular weight excluding hydrogens is 821 g/mol. The predicted octanol–water partition coefficient (Wildman–Crippen LogP) is 13.6. The molecule has 0 saturated carbocycles. The van der Waals surface area contributed by atoms with Crippen molar-refractivity contribution in [1.82, 2.24) is 24.9 Å². The van der Waals surface area contributed by atoms with Gasteiger partial charge in [0, 0.05) is 50.5 Å². The van der Waals surface area contributed by atoms with Gasteiger partial charge < -0.3 is 4.57 Å². The highest BCUT2D eigenvalue weighted by Crippen LogP contribution is 2.42. The molecule has 2 aromatic heterocycles. The summed E-state index contributed by atoms with van der Waals surface area (Å²) < 4.78 is 2.31. The number of aliphatic imine (C=N–C) groups is 1. The Morgan fingerprint density at radius 1 is 0.582 bits per heavy atom. The zero-order valence-corrected chi connectivity index (χ0v) is 36.6. The molecule has 1 aliphatic carbocycles. The van der Waals surface area contributed by atoms with Gasteiger partial charge in [-0.15, -0.1) is 0 Å². The molecule has 2 N–H and O–H groups in total. The summed E-state index contributed by atoms with van der Waals surface area (Å²) in [6.07, 6.45) is 13.8. The van der Waals surface area contributed by atoms with Crippen LogP contribution < -0.4 is 10.4 Å². The van der Waals surface area contributed by atoms with Crippen molar-refractivity contribution in [2.24, 2.45) is 4.99 Å². The van der Waals surface area contributed by atoms with Crippen molar-refractivity contribution in [2.45, 2.75) is 12.8 Å². The van der Waals surface area contributed by atoms with Crippen LogP contribution in [0.5, 0.6) is 0 Å². The average molecular weight is 865 g/mol. The number of anilines is 1. The molecule has 8 heteroatoms. The number of allylic oxidation sites excluding steroid dienone is 7. The number of fused-ring (bicyclic) bond motifs is 5. The van der Waals surface area contributed by atoms with Crippen LogP contribution in [-0.2, 0) is 0 Å². The molecule has 7 aromatic carbocycles. The topological polar surface area (TPSA) is 95.1 Å². The van der Waals surface area contributed by atoms with Crippen LogP contribution >= 0.6 is 0 Å². The van der Waals surface area contributed by atoms with Gasteiger partial charge in [0.05, 0.1) is 16.7 Å². The number of nitrogens with one attached hydrogen (secondary N) is 2. The Kier molecular flexibility index (Phi) is 10.9. The van der Waals surface area contributed by atoms with E-state index in [4.69, 9.17) is 19.9 Å². The maximum absolute atomic E-state index is 9.26. The van der Waals surface area contributed by atoms with Crippen molar-refractivity contribution in [1.29, 1.82) is 5.41 Å². The number of amidine groups is 2. The number of benzene rings is 7. The highest BCUT2D eigenvalue weighted by molar-refractivity contribution is 6.17. The number of hydrogen-bond acceptors (Lipinski definition) is 5. The number of hydrogen-bond donors (Lipinski definition) is 2. The lowest BCUT2D eigenvalue weighted by molar-refractivity contribution is 0.921. The lowest BCUT2D eigenvalue weighted by Gasteiger charge is -2.28. The lowest BCUT2D eigenvalue weighted by atomic mass is 9.93. The normalized spacial score (nSPS) is 14.7. The van der Waals surface area contributed by atoms with Gasteiger partial charge in [0.25, 0.3) is 0 Å². The molecule has 2 aliphatic rings. The second-order valence-corrected chi connectivity index (χ2v) is 16.4. The van der Waals surface area contributed by atoms with Gasteiger partial charge >= 0.3 is 0 Å². The van der Waals surface area contributed by atoms with Crippen LogP contribution in [-0.4, -0.2) is 31.2 Å². The van der Waals surface area contributed by atoms with Crippen molar-refractivity contribution in [3.8, 4) is 39.9 Å². The first-order chi connectivity index (χ1) is 33.1. The third kappa shape index (κ3) is 8.09.